The normalized spacial score (nSPS) is 23.5. The third kappa shape index (κ3) is 4.66. The summed E-state index contributed by atoms with van der Waals surface area (Å²) in [6.07, 6.45) is 7.06. The van der Waals surface area contributed by atoms with Crippen LogP contribution in [-0.4, -0.2) is 31.8 Å². The molecule has 0 aromatic heterocycles. The van der Waals surface area contributed by atoms with Gasteiger partial charge in [0.2, 0.25) is 0 Å². The van der Waals surface area contributed by atoms with Crippen molar-refractivity contribution in [2.75, 3.05) is 19.7 Å². The van der Waals surface area contributed by atoms with Gasteiger partial charge in [0, 0.05) is 31.2 Å². The zero-order chi connectivity index (χ0) is 16.8. The molecule has 0 radical (unpaired) electrons. The molecule has 0 saturated carbocycles. The zero-order valence-corrected chi connectivity index (χ0v) is 13.4. The second kappa shape index (κ2) is 8.08. The Kier molecular flexibility index (Phi) is 5.61. The van der Waals surface area contributed by atoms with Gasteiger partial charge in [-0.2, -0.15) is 0 Å². The molecule has 1 aromatic rings. The van der Waals surface area contributed by atoms with Gasteiger partial charge in [0.1, 0.15) is 5.82 Å². The molecule has 2 atom stereocenters. The Bertz CT molecular complexity index is 622. The minimum absolute atomic E-state index is 0.195. The predicted molar refractivity (Wildman–Crippen MR) is 89.7 cm³/mol. The van der Waals surface area contributed by atoms with Gasteiger partial charge in [-0.1, -0.05) is 24.3 Å². The summed E-state index contributed by atoms with van der Waals surface area (Å²) in [6.45, 7) is 2.87. The molecule has 128 valence electrons. The number of urea groups is 1. The summed E-state index contributed by atoms with van der Waals surface area (Å²) < 4.78 is 18.6. The Morgan fingerprint density at radius 2 is 2.17 bits per heavy atom. The first-order chi connectivity index (χ1) is 11.7. The lowest BCUT2D eigenvalue weighted by Gasteiger charge is -2.30. The zero-order valence-electron chi connectivity index (χ0n) is 13.4. The lowest BCUT2D eigenvalue weighted by Crippen LogP contribution is -2.42. The smallest absolute Gasteiger partial charge is 0.319 e. The average Bonchev–Trinajstić information content (AvgIpc) is 2.63. The van der Waals surface area contributed by atoms with Crippen molar-refractivity contribution in [2.24, 2.45) is 5.92 Å². The molecule has 3 rings (SSSR count). The summed E-state index contributed by atoms with van der Waals surface area (Å²) in [7, 11) is 0. The molecule has 2 amide bonds. The summed E-state index contributed by atoms with van der Waals surface area (Å²) in [4.78, 5) is 11.9. The summed E-state index contributed by atoms with van der Waals surface area (Å²) in [5, 5.41) is 8.90. The van der Waals surface area contributed by atoms with Gasteiger partial charge in [-0.25, -0.2) is 9.18 Å². The van der Waals surface area contributed by atoms with E-state index in [1.807, 2.05) is 12.2 Å². The van der Waals surface area contributed by atoms with Crippen molar-refractivity contribution in [3.63, 3.8) is 0 Å². The van der Waals surface area contributed by atoms with Crippen molar-refractivity contribution < 1.29 is 13.9 Å². The quantitative estimate of drug-likeness (QED) is 0.791. The van der Waals surface area contributed by atoms with E-state index in [0.717, 1.165) is 37.4 Å². The van der Waals surface area contributed by atoms with E-state index in [1.54, 1.807) is 12.1 Å². The number of rotatable bonds is 4. The number of nitrogens with one attached hydrogen (secondary N) is 3. The molecule has 24 heavy (non-hydrogen) atoms. The molecular weight excluding hydrogens is 309 g/mol. The highest BCUT2D eigenvalue weighted by atomic mass is 19.1. The Hall–Kier alpha value is -2.18. The molecular formula is C18H22FN3O2. The number of hydrogen-bond acceptors (Lipinski definition) is 3. The molecule has 1 aliphatic heterocycles. The van der Waals surface area contributed by atoms with Gasteiger partial charge in [0.25, 0.3) is 0 Å². The van der Waals surface area contributed by atoms with E-state index in [9.17, 15) is 9.18 Å². The number of ether oxygens (including phenoxy) is 1. The SMILES string of the molecule is O=C(NCc1ccc(F)cc1)NC1=CCC([C@H]2CNCCO2)C=C1. The van der Waals surface area contributed by atoms with Crippen LogP contribution in [0.3, 0.4) is 0 Å². The number of benzene rings is 1. The van der Waals surface area contributed by atoms with Crippen LogP contribution in [0.15, 0.2) is 48.2 Å². The molecule has 0 bridgehead atoms. The maximum Gasteiger partial charge on any atom is 0.319 e. The summed E-state index contributed by atoms with van der Waals surface area (Å²) in [5.41, 5.74) is 1.63. The Balaban J connectivity index is 1.43. The Morgan fingerprint density at radius 3 is 2.83 bits per heavy atom. The fraction of sp³-hybridized carbons (Fsp3) is 0.389. The maximum absolute atomic E-state index is 12.8. The lowest BCUT2D eigenvalue weighted by molar-refractivity contribution is 0.00351. The molecule has 1 heterocycles. The number of carbonyl (C=O) groups is 1. The highest BCUT2D eigenvalue weighted by Gasteiger charge is 2.23. The van der Waals surface area contributed by atoms with E-state index in [-0.39, 0.29) is 18.0 Å². The van der Waals surface area contributed by atoms with Crippen LogP contribution >= 0.6 is 0 Å². The largest absolute Gasteiger partial charge is 0.375 e. The van der Waals surface area contributed by atoms with Gasteiger partial charge in [-0.15, -0.1) is 0 Å². The van der Waals surface area contributed by atoms with Gasteiger partial charge < -0.3 is 20.7 Å². The van der Waals surface area contributed by atoms with E-state index in [1.165, 1.54) is 12.1 Å². The van der Waals surface area contributed by atoms with Gasteiger partial charge in [0.15, 0.2) is 0 Å². The molecule has 5 nitrogen and oxygen atoms in total. The lowest BCUT2D eigenvalue weighted by atomic mass is 9.93. The van der Waals surface area contributed by atoms with Gasteiger partial charge in [-0.05, 0) is 30.2 Å². The molecule has 1 aliphatic carbocycles. The minimum atomic E-state index is -0.285. The second-order valence-electron chi connectivity index (χ2n) is 5.97. The molecule has 1 aromatic carbocycles. The van der Waals surface area contributed by atoms with Crippen LogP contribution in [0.4, 0.5) is 9.18 Å². The van der Waals surface area contributed by atoms with Gasteiger partial charge >= 0.3 is 6.03 Å². The van der Waals surface area contributed by atoms with Crippen molar-refractivity contribution >= 4 is 6.03 Å². The monoisotopic (exact) mass is 331 g/mol. The third-order valence-corrected chi connectivity index (χ3v) is 4.19. The maximum atomic E-state index is 12.8. The van der Waals surface area contributed by atoms with Crippen molar-refractivity contribution in [1.82, 2.24) is 16.0 Å². The van der Waals surface area contributed by atoms with Crippen molar-refractivity contribution in [2.45, 2.75) is 19.1 Å². The Morgan fingerprint density at radius 1 is 1.33 bits per heavy atom. The van der Waals surface area contributed by atoms with Crippen molar-refractivity contribution in [1.29, 1.82) is 0 Å². The van der Waals surface area contributed by atoms with E-state index in [0.29, 0.717) is 12.5 Å². The topological polar surface area (TPSA) is 62.4 Å². The third-order valence-electron chi connectivity index (χ3n) is 4.19. The fourth-order valence-corrected chi connectivity index (χ4v) is 2.83. The molecule has 1 unspecified atom stereocenters. The number of hydrogen-bond donors (Lipinski definition) is 3. The number of amides is 2. The minimum Gasteiger partial charge on any atom is -0.375 e. The highest BCUT2D eigenvalue weighted by Crippen LogP contribution is 2.21. The number of carbonyl (C=O) groups excluding carboxylic acids is 1. The van der Waals surface area contributed by atoms with E-state index in [4.69, 9.17) is 4.74 Å². The first kappa shape index (κ1) is 16.7. The summed E-state index contributed by atoms with van der Waals surface area (Å²) in [5.74, 6) is 0.0537. The van der Waals surface area contributed by atoms with Crippen molar-refractivity contribution in [3.8, 4) is 0 Å². The van der Waals surface area contributed by atoms with E-state index < -0.39 is 0 Å². The summed E-state index contributed by atoms with van der Waals surface area (Å²) >= 11 is 0. The number of halogens is 1. The van der Waals surface area contributed by atoms with Crippen LogP contribution in [0.25, 0.3) is 0 Å². The fourth-order valence-electron chi connectivity index (χ4n) is 2.83. The number of allylic oxidation sites excluding steroid dienone is 2. The van der Waals surface area contributed by atoms with Crippen LogP contribution in [0.1, 0.15) is 12.0 Å². The molecule has 1 saturated heterocycles. The van der Waals surface area contributed by atoms with Crippen LogP contribution < -0.4 is 16.0 Å². The average molecular weight is 331 g/mol. The molecule has 6 heteroatoms. The molecule has 3 N–H and O–H groups in total. The predicted octanol–water partition coefficient (Wildman–Crippen LogP) is 2.07. The van der Waals surface area contributed by atoms with Gasteiger partial charge in [0.05, 0.1) is 12.7 Å². The second-order valence-corrected chi connectivity index (χ2v) is 5.97. The van der Waals surface area contributed by atoms with Gasteiger partial charge in [-0.3, -0.25) is 0 Å². The first-order valence-corrected chi connectivity index (χ1v) is 8.21. The van der Waals surface area contributed by atoms with Crippen molar-refractivity contribution in [3.05, 3.63) is 59.6 Å². The van der Waals surface area contributed by atoms with E-state index in [2.05, 4.69) is 22.0 Å². The standard InChI is InChI=1S/C18H22FN3O2/c19-15-5-1-13(2-6-15)11-21-18(23)22-16-7-3-14(4-8-16)17-12-20-9-10-24-17/h1-3,5-8,14,17,20H,4,9-12H2,(H2,21,22,23)/t14?,17-/m1/s1. The highest BCUT2D eigenvalue weighted by molar-refractivity contribution is 5.76. The molecule has 0 spiro atoms. The van der Waals surface area contributed by atoms with E-state index >= 15 is 0 Å². The molecule has 2 aliphatic rings. The Labute approximate surface area is 141 Å². The van der Waals surface area contributed by atoms with Crippen LogP contribution in [0, 0.1) is 11.7 Å². The number of morpholine rings is 1. The molecule has 1 fully saturated rings. The summed E-state index contributed by atoms with van der Waals surface area (Å²) in [6, 6.07) is 5.79. The van der Waals surface area contributed by atoms with Crippen LogP contribution in [0.5, 0.6) is 0 Å². The van der Waals surface area contributed by atoms with Crippen LogP contribution in [-0.2, 0) is 11.3 Å². The first-order valence-electron chi connectivity index (χ1n) is 8.21. The van der Waals surface area contributed by atoms with Crippen LogP contribution in [0.2, 0.25) is 0 Å².